The molecule has 27 heavy (non-hydrogen) atoms. The number of hydrogen-bond acceptors (Lipinski definition) is 4. The third-order valence-corrected chi connectivity index (χ3v) is 4.75. The van der Waals surface area contributed by atoms with Gasteiger partial charge in [-0.1, -0.05) is 48.0 Å². The molecule has 0 saturated heterocycles. The number of carbonyl (C=O) groups is 2. The fourth-order valence-corrected chi connectivity index (χ4v) is 3.20. The van der Waals surface area contributed by atoms with Crippen molar-refractivity contribution in [1.29, 1.82) is 0 Å². The Kier molecular flexibility index (Phi) is 6.40. The van der Waals surface area contributed by atoms with Crippen LogP contribution in [0.1, 0.15) is 11.3 Å². The highest BCUT2D eigenvalue weighted by atomic mass is 35.5. The number of rotatable bonds is 6. The molecule has 3 N–H and O–H groups in total. The summed E-state index contributed by atoms with van der Waals surface area (Å²) in [6.45, 7) is 0.354. The molecule has 0 saturated carbocycles. The second-order valence-corrected chi connectivity index (χ2v) is 6.90. The monoisotopic (exact) mass is 400 g/mol. The second-order valence-electron chi connectivity index (χ2n) is 5.63. The minimum Gasteiger partial charge on any atom is -0.352 e. The summed E-state index contributed by atoms with van der Waals surface area (Å²) < 4.78 is 0. The number of thiazole rings is 1. The third-order valence-electron chi connectivity index (χ3n) is 3.58. The highest BCUT2D eigenvalue weighted by Crippen LogP contribution is 2.17. The van der Waals surface area contributed by atoms with E-state index in [1.165, 1.54) is 11.3 Å². The molecule has 0 aliphatic rings. The first-order valence-corrected chi connectivity index (χ1v) is 9.43. The first kappa shape index (κ1) is 18.9. The molecule has 6 nitrogen and oxygen atoms in total. The Bertz CT molecular complexity index is 930. The normalized spacial score (nSPS) is 10.3. The molecule has 0 radical (unpaired) electrons. The maximum Gasteiger partial charge on any atom is 0.325 e. The van der Waals surface area contributed by atoms with Crippen LogP contribution in [0.2, 0.25) is 5.02 Å². The standard InChI is InChI=1S/C19H17ClN4O2S/c20-16-9-5-4-6-13(16)11-21-17(25)10-15-12-27-19(23-15)24-18(26)22-14-7-2-1-3-8-14/h1-9,12H,10-11H2,(H,21,25)(H2,22,23,24,26). The zero-order valence-corrected chi connectivity index (χ0v) is 15.8. The van der Waals surface area contributed by atoms with Crippen molar-refractivity contribution in [3.8, 4) is 0 Å². The van der Waals surface area contributed by atoms with Crippen molar-refractivity contribution in [3.05, 3.63) is 76.3 Å². The first-order valence-electron chi connectivity index (χ1n) is 8.18. The van der Waals surface area contributed by atoms with Crippen LogP contribution in [-0.2, 0) is 17.8 Å². The molecule has 8 heteroatoms. The van der Waals surface area contributed by atoms with Crippen LogP contribution in [-0.4, -0.2) is 16.9 Å². The van der Waals surface area contributed by atoms with Gasteiger partial charge in [-0.2, -0.15) is 0 Å². The number of nitrogens with zero attached hydrogens (tertiary/aromatic N) is 1. The van der Waals surface area contributed by atoms with E-state index in [9.17, 15) is 9.59 Å². The lowest BCUT2D eigenvalue weighted by atomic mass is 10.2. The molecule has 0 fully saturated rings. The van der Waals surface area contributed by atoms with Gasteiger partial charge in [0.2, 0.25) is 5.91 Å². The lowest BCUT2D eigenvalue weighted by molar-refractivity contribution is -0.120. The Morgan fingerprint density at radius 3 is 2.52 bits per heavy atom. The fraction of sp³-hybridized carbons (Fsp3) is 0.105. The predicted molar refractivity (Wildman–Crippen MR) is 108 cm³/mol. The van der Waals surface area contributed by atoms with Crippen LogP contribution in [0, 0.1) is 0 Å². The molecule has 3 aromatic rings. The zero-order valence-electron chi connectivity index (χ0n) is 14.2. The van der Waals surface area contributed by atoms with E-state index in [1.807, 2.05) is 36.4 Å². The van der Waals surface area contributed by atoms with E-state index < -0.39 is 0 Å². The Morgan fingerprint density at radius 2 is 1.74 bits per heavy atom. The average Bonchev–Trinajstić information content (AvgIpc) is 3.08. The molecule has 2 aromatic carbocycles. The maximum atomic E-state index is 12.1. The van der Waals surface area contributed by atoms with E-state index in [0.717, 1.165) is 5.56 Å². The number of amides is 3. The molecule has 0 spiro atoms. The van der Waals surface area contributed by atoms with Crippen LogP contribution in [0.3, 0.4) is 0 Å². The molecule has 3 amide bonds. The van der Waals surface area contributed by atoms with Crippen molar-refractivity contribution in [2.24, 2.45) is 0 Å². The SMILES string of the molecule is O=C(Cc1csc(NC(=O)Nc2ccccc2)n1)NCc1ccccc1Cl. The lowest BCUT2D eigenvalue weighted by Gasteiger charge is -2.06. The molecular weight excluding hydrogens is 384 g/mol. The number of carbonyl (C=O) groups excluding carboxylic acids is 2. The third kappa shape index (κ3) is 5.80. The summed E-state index contributed by atoms with van der Waals surface area (Å²) in [5.74, 6) is -0.166. The van der Waals surface area contributed by atoms with Gasteiger partial charge >= 0.3 is 6.03 Å². The van der Waals surface area contributed by atoms with Gasteiger partial charge in [0, 0.05) is 22.6 Å². The van der Waals surface area contributed by atoms with E-state index in [1.54, 1.807) is 23.6 Å². The van der Waals surface area contributed by atoms with Crippen molar-refractivity contribution >= 4 is 45.7 Å². The number of benzene rings is 2. The van der Waals surface area contributed by atoms with Crippen molar-refractivity contribution in [2.45, 2.75) is 13.0 Å². The summed E-state index contributed by atoms with van der Waals surface area (Å²) in [6, 6.07) is 16.1. The summed E-state index contributed by atoms with van der Waals surface area (Å²) >= 11 is 7.33. The molecule has 0 aliphatic carbocycles. The van der Waals surface area contributed by atoms with Gasteiger partial charge in [-0.15, -0.1) is 11.3 Å². The minimum absolute atomic E-state index is 0.128. The summed E-state index contributed by atoms with van der Waals surface area (Å²) in [5, 5.41) is 11.0. The van der Waals surface area contributed by atoms with E-state index in [4.69, 9.17) is 11.6 Å². The van der Waals surface area contributed by atoms with Crippen molar-refractivity contribution in [1.82, 2.24) is 10.3 Å². The Morgan fingerprint density at radius 1 is 1.00 bits per heavy atom. The van der Waals surface area contributed by atoms with Crippen molar-refractivity contribution < 1.29 is 9.59 Å². The number of aromatic nitrogens is 1. The molecule has 3 rings (SSSR count). The molecular formula is C19H17ClN4O2S. The molecule has 138 valence electrons. The van der Waals surface area contributed by atoms with Gasteiger partial charge in [-0.3, -0.25) is 10.1 Å². The molecule has 1 aromatic heterocycles. The number of anilines is 2. The Hall–Kier alpha value is -2.90. The van der Waals surface area contributed by atoms with Crippen molar-refractivity contribution in [3.63, 3.8) is 0 Å². The molecule has 0 aliphatic heterocycles. The Balaban J connectivity index is 1.48. The molecule has 1 heterocycles. The number of halogens is 1. The summed E-state index contributed by atoms with van der Waals surface area (Å²) in [6.07, 6.45) is 0.128. The van der Waals surface area contributed by atoms with Gasteiger partial charge in [0.15, 0.2) is 5.13 Å². The van der Waals surface area contributed by atoms with Gasteiger partial charge in [0.05, 0.1) is 12.1 Å². The van der Waals surface area contributed by atoms with Crippen LogP contribution in [0.25, 0.3) is 0 Å². The van der Waals surface area contributed by atoms with Crippen LogP contribution in [0.5, 0.6) is 0 Å². The highest BCUT2D eigenvalue weighted by Gasteiger charge is 2.10. The first-order chi connectivity index (χ1) is 13.1. The summed E-state index contributed by atoms with van der Waals surface area (Å²) in [4.78, 5) is 28.3. The number of urea groups is 1. The van der Waals surface area contributed by atoms with Gasteiger partial charge in [0.1, 0.15) is 0 Å². The lowest BCUT2D eigenvalue weighted by Crippen LogP contribution is -2.25. The largest absolute Gasteiger partial charge is 0.352 e. The molecule has 0 unspecified atom stereocenters. The summed E-state index contributed by atoms with van der Waals surface area (Å²) in [5.41, 5.74) is 2.13. The van der Waals surface area contributed by atoms with E-state index >= 15 is 0 Å². The average molecular weight is 401 g/mol. The predicted octanol–water partition coefficient (Wildman–Crippen LogP) is 4.30. The van der Waals surface area contributed by atoms with Crippen molar-refractivity contribution in [2.75, 3.05) is 10.6 Å². The molecule has 0 atom stereocenters. The fourth-order valence-electron chi connectivity index (χ4n) is 2.29. The maximum absolute atomic E-state index is 12.1. The number of nitrogens with one attached hydrogen (secondary N) is 3. The quantitative estimate of drug-likeness (QED) is 0.576. The summed E-state index contributed by atoms with van der Waals surface area (Å²) in [7, 11) is 0. The van der Waals surface area contributed by atoms with Gasteiger partial charge in [0.25, 0.3) is 0 Å². The number of para-hydroxylation sites is 1. The van der Waals surface area contributed by atoms with E-state index in [0.29, 0.717) is 28.1 Å². The molecule has 0 bridgehead atoms. The second kappa shape index (κ2) is 9.16. The van der Waals surface area contributed by atoms with Gasteiger partial charge in [-0.05, 0) is 23.8 Å². The highest BCUT2D eigenvalue weighted by molar-refractivity contribution is 7.14. The minimum atomic E-state index is -0.384. The van der Waals surface area contributed by atoms with Gasteiger partial charge < -0.3 is 10.6 Å². The smallest absolute Gasteiger partial charge is 0.325 e. The van der Waals surface area contributed by atoms with Crippen LogP contribution in [0.4, 0.5) is 15.6 Å². The van der Waals surface area contributed by atoms with Crippen LogP contribution < -0.4 is 16.0 Å². The Labute approximate surface area is 165 Å². The zero-order chi connectivity index (χ0) is 19.1. The topological polar surface area (TPSA) is 83.1 Å². The van der Waals surface area contributed by atoms with Crippen LogP contribution >= 0.6 is 22.9 Å². The number of hydrogen-bond donors (Lipinski definition) is 3. The van der Waals surface area contributed by atoms with Crippen LogP contribution in [0.15, 0.2) is 60.0 Å². The van der Waals surface area contributed by atoms with E-state index in [-0.39, 0.29) is 18.4 Å². The van der Waals surface area contributed by atoms with Gasteiger partial charge in [-0.25, -0.2) is 9.78 Å². The van der Waals surface area contributed by atoms with E-state index in [2.05, 4.69) is 20.9 Å².